The fourth-order valence-corrected chi connectivity index (χ4v) is 2.04. The van der Waals surface area contributed by atoms with E-state index in [9.17, 15) is 0 Å². The lowest BCUT2D eigenvalue weighted by atomic mass is 10.00. The Hall–Kier alpha value is -2.17. The van der Waals surface area contributed by atoms with E-state index in [-0.39, 0.29) is 0 Å². The topological polar surface area (TPSA) is 56.5 Å². The van der Waals surface area contributed by atoms with Gasteiger partial charge >= 0.3 is 0 Å². The summed E-state index contributed by atoms with van der Waals surface area (Å²) in [5.41, 5.74) is 2.92. The Morgan fingerprint density at radius 2 is 2.12 bits per heavy atom. The molecule has 3 rings (SSSR count). The number of methoxy groups -OCH3 is 2. The van der Waals surface area contributed by atoms with Crippen LogP contribution in [0.15, 0.2) is 22.9 Å². The molecule has 1 aliphatic rings. The van der Waals surface area contributed by atoms with E-state index in [1.807, 2.05) is 12.1 Å². The van der Waals surface area contributed by atoms with Gasteiger partial charge in [-0.15, -0.1) is 0 Å². The number of nitrogens with zero attached hydrogens (tertiary/aromatic N) is 1. The average molecular weight is 232 g/mol. The highest BCUT2D eigenvalue weighted by Gasteiger charge is 2.23. The minimum Gasteiger partial charge on any atom is -0.497 e. The van der Waals surface area contributed by atoms with Crippen LogP contribution in [-0.2, 0) is 6.54 Å². The van der Waals surface area contributed by atoms with Crippen molar-refractivity contribution < 1.29 is 14.0 Å². The van der Waals surface area contributed by atoms with Gasteiger partial charge in [-0.2, -0.15) is 0 Å². The molecule has 0 radical (unpaired) electrons. The second-order valence-corrected chi connectivity index (χ2v) is 3.77. The lowest BCUT2D eigenvalue weighted by Gasteiger charge is -2.20. The fourth-order valence-electron chi connectivity index (χ4n) is 2.04. The zero-order valence-electron chi connectivity index (χ0n) is 9.61. The van der Waals surface area contributed by atoms with Crippen molar-refractivity contribution in [3.63, 3.8) is 0 Å². The summed E-state index contributed by atoms with van der Waals surface area (Å²) in [4.78, 5) is 0. The van der Waals surface area contributed by atoms with Gasteiger partial charge in [0.2, 0.25) is 0 Å². The Labute approximate surface area is 98.3 Å². The van der Waals surface area contributed by atoms with E-state index in [2.05, 4.69) is 10.5 Å². The second kappa shape index (κ2) is 3.69. The third-order valence-electron chi connectivity index (χ3n) is 2.89. The number of anilines is 1. The number of rotatable bonds is 2. The van der Waals surface area contributed by atoms with Crippen molar-refractivity contribution in [3.05, 3.63) is 24.1 Å². The van der Waals surface area contributed by atoms with E-state index in [0.29, 0.717) is 6.54 Å². The number of fused-ring (bicyclic) bond motifs is 3. The summed E-state index contributed by atoms with van der Waals surface area (Å²) in [5.74, 6) is 2.33. The molecule has 1 aliphatic heterocycles. The number of hydrogen-bond donors (Lipinski definition) is 1. The second-order valence-electron chi connectivity index (χ2n) is 3.77. The Bertz CT molecular complexity index is 563. The van der Waals surface area contributed by atoms with Gasteiger partial charge in [0.25, 0.3) is 0 Å². The van der Waals surface area contributed by atoms with Gasteiger partial charge in [0.1, 0.15) is 11.5 Å². The van der Waals surface area contributed by atoms with E-state index >= 15 is 0 Å². The fraction of sp³-hybridized carbons (Fsp3) is 0.250. The lowest BCUT2D eigenvalue weighted by molar-refractivity contribution is 0.385. The van der Waals surface area contributed by atoms with Crippen molar-refractivity contribution in [2.75, 3.05) is 19.5 Å². The van der Waals surface area contributed by atoms with Crippen molar-refractivity contribution in [1.82, 2.24) is 5.16 Å². The monoisotopic (exact) mass is 232 g/mol. The molecule has 0 bridgehead atoms. The van der Waals surface area contributed by atoms with Crippen LogP contribution >= 0.6 is 0 Å². The smallest absolute Gasteiger partial charge is 0.163 e. The molecule has 0 spiro atoms. The number of ether oxygens (including phenoxy) is 2. The highest BCUT2D eigenvalue weighted by Crippen LogP contribution is 2.43. The van der Waals surface area contributed by atoms with Crippen LogP contribution in [0.2, 0.25) is 0 Å². The molecule has 0 amide bonds. The van der Waals surface area contributed by atoms with Gasteiger partial charge in [-0.05, 0) is 6.07 Å². The molecule has 0 unspecified atom stereocenters. The Kier molecular flexibility index (Phi) is 2.18. The maximum atomic E-state index is 5.35. The summed E-state index contributed by atoms with van der Waals surface area (Å²) in [6.07, 6.45) is 1.72. The molecular weight excluding hydrogens is 220 g/mol. The predicted molar refractivity (Wildman–Crippen MR) is 62.4 cm³/mol. The third-order valence-corrected chi connectivity index (χ3v) is 2.89. The van der Waals surface area contributed by atoms with Crippen LogP contribution in [0.4, 0.5) is 5.69 Å². The van der Waals surface area contributed by atoms with E-state index in [1.54, 1.807) is 20.4 Å². The summed E-state index contributed by atoms with van der Waals surface area (Å²) < 4.78 is 15.8. The Balaban J connectivity index is 2.25. The summed E-state index contributed by atoms with van der Waals surface area (Å²) in [5, 5.41) is 7.08. The summed E-state index contributed by atoms with van der Waals surface area (Å²) >= 11 is 0. The maximum absolute atomic E-state index is 5.35. The molecule has 2 aromatic rings. The van der Waals surface area contributed by atoms with Crippen LogP contribution in [0.3, 0.4) is 0 Å². The SMILES string of the molecule is COc1cc(OC)c2c(c1)-c1cnoc1CN2. The van der Waals surface area contributed by atoms with Crippen molar-refractivity contribution in [1.29, 1.82) is 0 Å². The molecule has 1 N–H and O–H groups in total. The van der Waals surface area contributed by atoms with Crippen LogP contribution in [0.5, 0.6) is 11.5 Å². The molecule has 1 aromatic carbocycles. The van der Waals surface area contributed by atoms with E-state index in [4.69, 9.17) is 14.0 Å². The van der Waals surface area contributed by atoms with Crippen LogP contribution in [-0.4, -0.2) is 19.4 Å². The van der Waals surface area contributed by atoms with Crippen LogP contribution in [0.25, 0.3) is 11.1 Å². The summed E-state index contributed by atoms with van der Waals surface area (Å²) in [6.45, 7) is 0.616. The van der Waals surface area contributed by atoms with Crippen LogP contribution < -0.4 is 14.8 Å². The highest BCUT2D eigenvalue weighted by atomic mass is 16.5. The number of benzene rings is 1. The van der Waals surface area contributed by atoms with E-state index in [1.165, 1.54) is 0 Å². The molecular formula is C12H12N2O3. The minimum absolute atomic E-state index is 0.616. The normalized spacial score (nSPS) is 12.4. The maximum Gasteiger partial charge on any atom is 0.163 e. The van der Waals surface area contributed by atoms with Gasteiger partial charge < -0.3 is 19.3 Å². The standard InChI is InChI=1S/C12H12N2O3/c1-15-7-3-8-9-5-14-17-11(9)6-13-12(8)10(4-7)16-2/h3-5,13H,6H2,1-2H3. The lowest BCUT2D eigenvalue weighted by Crippen LogP contribution is -2.08. The van der Waals surface area contributed by atoms with E-state index in [0.717, 1.165) is 34.1 Å². The molecule has 17 heavy (non-hydrogen) atoms. The molecule has 0 saturated carbocycles. The first-order chi connectivity index (χ1) is 8.33. The Morgan fingerprint density at radius 3 is 2.88 bits per heavy atom. The van der Waals surface area contributed by atoms with Gasteiger partial charge in [-0.1, -0.05) is 5.16 Å². The molecule has 0 aliphatic carbocycles. The number of hydrogen-bond acceptors (Lipinski definition) is 5. The number of nitrogens with one attached hydrogen (secondary N) is 1. The van der Waals surface area contributed by atoms with Crippen molar-refractivity contribution in [2.45, 2.75) is 6.54 Å². The predicted octanol–water partition coefficient (Wildman–Crippen LogP) is 2.28. The van der Waals surface area contributed by atoms with Gasteiger partial charge in [0, 0.05) is 17.2 Å². The van der Waals surface area contributed by atoms with Gasteiger partial charge in [-0.25, -0.2) is 0 Å². The summed E-state index contributed by atoms with van der Waals surface area (Å²) in [6, 6.07) is 3.80. The Morgan fingerprint density at radius 1 is 1.24 bits per heavy atom. The van der Waals surface area contributed by atoms with Crippen LogP contribution in [0, 0.1) is 0 Å². The first-order valence-corrected chi connectivity index (χ1v) is 5.27. The van der Waals surface area contributed by atoms with E-state index < -0.39 is 0 Å². The molecule has 1 aromatic heterocycles. The first-order valence-electron chi connectivity index (χ1n) is 5.27. The number of aromatic nitrogens is 1. The summed E-state index contributed by atoms with van der Waals surface area (Å²) in [7, 11) is 3.27. The van der Waals surface area contributed by atoms with Gasteiger partial charge in [0.15, 0.2) is 5.76 Å². The third kappa shape index (κ3) is 1.43. The minimum atomic E-state index is 0.616. The average Bonchev–Trinajstić information content (AvgIpc) is 2.85. The van der Waals surface area contributed by atoms with Crippen LogP contribution in [0.1, 0.15) is 5.76 Å². The van der Waals surface area contributed by atoms with Crippen molar-refractivity contribution >= 4 is 5.69 Å². The molecule has 0 atom stereocenters. The van der Waals surface area contributed by atoms with Crippen molar-refractivity contribution in [3.8, 4) is 22.6 Å². The molecule has 5 nitrogen and oxygen atoms in total. The zero-order chi connectivity index (χ0) is 11.8. The molecule has 88 valence electrons. The molecule has 2 heterocycles. The zero-order valence-corrected chi connectivity index (χ0v) is 9.61. The van der Waals surface area contributed by atoms with Gasteiger partial charge in [0.05, 0.1) is 32.6 Å². The largest absolute Gasteiger partial charge is 0.497 e. The first kappa shape index (κ1) is 10.0. The molecule has 5 heteroatoms. The van der Waals surface area contributed by atoms with Crippen molar-refractivity contribution in [2.24, 2.45) is 0 Å². The molecule has 0 fully saturated rings. The van der Waals surface area contributed by atoms with Gasteiger partial charge in [-0.3, -0.25) is 0 Å². The quantitative estimate of drug-likeness (QED) is 0.860. The molecule has 0 saturated heterocycles. The highest BCUT2D eigenvalue weighted by molar-refractivity contribution is 5.86.